The fourth-order valence-electron chi connectivity index (χ4n) is 2.72. The summed E-state index contributed by atoms with van der Waals surface area (Å²) in [5, 5.41) is 3.68. The molecule has 2 aromatic heterocycles. The molecule has 0 spiro atoms. The fourth-order valence-corrected chi connectivity index (χ4v) is 5.64. The van der Waals surface area contributed by atoms with E-state index in [0.29, 0.717) is 33.4 Å². The van der Waals surface area contributed by atoms with Crippen LogP contribution in [0, 0.1) is 13.8 Å². The molecule has 0 aliphatic rings. The maximum Gasteiger partial charge on any atom is 0.263 e. The number of hydrogen-bond acceptors (Lipinski definition) is 7. The maximum absolute atomic E-state index is 13.1. The minimum Gasteiger partial charge on any atom is -0.493 e. The first-order valence-electron chi connectivity index (χ1n) is 7.63. The smallest absolute Gasteiger partial charge is 0.263 e. The van der Waals surface area contributed by atoms with Gasteiger partial charge in [0, 0.05) is 21.9 Å². The van der Waals surface area contributed by atoms with Crippen LogP contribution in [-0.2, 0) is 10.0 Å². The van der Waals surface area contributed by atoms with Gasteiger partial charge in [-0.3, -0.25) is 4.72 Å². The molecule has 3 aromatic rings. The number of methoxy groups -OCH3 is 2. The lowest BCUT2D eigenvalue weighted by Crippen LogP contribution is -2.14. The number of rotatable bonds is 6. The van der Waals surface area contributed by atoms with Crippen LogP contribution in [0.1, 0.15) is 9.75 Å². The van der Waals surface area contributed by atoms with Crippen LogP contribution in [0.3, 0.4) is 0 Å². The summed E-state index contributed by atoms with van der Waals surface area (Å²) >= 11 is 1.39. The van der Waals surface area contributed by atoms with Crippen LogP contribution in [-0.4, -0.2) is 27.8 Å². The number of thiophene rings is 1. The summed E-state index contributed by atoms with van der Waals surface area (Å²) in [7, 11) is -0.841. The third-order valence-corrected chi connectivity index (χ3v) is 6.50. The molecule has 3 rings (SSSR count). The summed E-state index contributed by atoms with van der Waals surface area (Å²) in [5.41, 5.74) is 0.896. The Labute approximate surface area is 155 Å². The quantitative estimate of drug-likeness (QED) is 0.683. The van der Waals surface area contributed by atoms with Crippen molar-refractivity contribution < 1.29 is 22.4 Å². The van der Waals surface area contributed by atoms with Gasteiger partial charge in [0.2, 0.25) is 0 Å². The highest BCUT2D eigenvalue weighted by Gasteiger charge is 2.28. The second-order valence-electron chi connectivity index (χ2n) is 5.47. The average molecular weight is 394 g/mol. The van der Waals surface area contributed by atoms with Crippen molar-refractivity contribution in [3.8, 4) is 22.8 Å². The minimum absolute atomic E-state index is 0.187. The molecule has 0 aliphatic carbocycles. The lowest BCUT2D eigenvalue weighted by atomic mass is 10.2. The molecule has 1 aromatic carbocycles. The molecule has 26 heavy (non-hydrogen) atoms. The number of benzene rings is 1. The van der Waals surface area contributed by atoms with Crippen LogP contribution in [0.25, 0.3) is 11.3 Å². The molecule has 0 unspecified atom stereocenters. The number of aromatic nitrogens is 1. The number of anilines is 1. The summed E-state index contributed by atoms with van der Waals surface area (Å²) in [6.07, 6.45) is 1.49. The van der Waals surface area contributed by atoms with E-state index in [1.54, 1.807) is 31.2 Å². The minimum atomic E-state index is -3.85. The van der Waals surface area contributed by atoms with Crippen molar-refractivity contribution in [2.75, 3.05) is 18.9 Å². The van der Waals surface area contributed by atoms with E-state index < -0.39 is 10.0 Å². The lowest BCUT2D eigenvalue weighted by molar-refractivity contribution is 0.355. The molecule has 9 heteroatoms. The Balaban J connectivity index is 2.05. The van der Waals surface area contributed by atoms with Gasteiger partial charge in [-0.05, 0) is 26.0 Å². The summed E-state index contributed by atoms with van der Waals surface area (Å²) in [5.74, 6) is 1.36. The Morgan fingerprint density at radius 1 is 1.08 bits per heavy atom. The molecular weight excluding hydrogens is 376 g/mol. The molecule has 0 saturated heterocycles. The van der Waals surface area contributed by atoms with Gasteiger partial charge in [0.05, 0.1) is 31.7 Å². The van der Waals surface area contributed by atoms with Crippen LogP contribution < -0.4 is 14.2 Å². The molecule has 138 valence electrons. The van der Waals surface area contributed by atoms with Gasteiger partial charge in [0.15, 0.2) is 17.3 Å². The average Bonchev–Trinajstić information content (AvgIpc) is 3.21. The number of nitrogens with one attached hydrogen (secondary N) is 1. The van der Waals surface area contributed by atoms with Crippen molar-refractivity contribution in [1.29, 1.82) is 0 Å². The highest BCUT2D eigenvalue weighted by molar-refractivity contribution is 7.93. The van der Waals surface area contributed by atoms with E-state index in [1.165, 1.54) is 31.8 Å². The molecule has 0 atom stereocenters. The Bertz CT molecular complexity index is 1020. The molecule has 0 saturated carbocycles. The van der Waals surface area contributed by atoms with Crippen molar-refractivity contribution >= 4 is 27.0 Å². The largest absolute Gasteiger partial charge is 0.493 e. The standard InChI is InChI=1S/C17H18N2O5S2/c1-10-16(14-7-8-18-24-14)17(11(2)25-10)26(20,21)19-12-5-6-13(22-3)15(9-12)23-4/h5-9,19H,1-4H3. The Morgan fingerprint density at radius 3 is 2.42 bits per heavy atom. The SMILES string of the molecule is COc1ccc(NS(=O)(=O)c2c(C)sc(C)c2-c2ccno2)cc1OC. The summed E-state index contributed by atoms with van der Waals surface area (Å²) < 4.78 is 44.3. The van der Waals surface area contributed by atoms with E-state index >= 15 is 0 Å². The fraction of sp³-hybridized carbons (Fsp3) is 0.235. The van der Waals surface area contributed by atoms with Gasteiger partial charge in [-0.15, -0.1) is 11.3 Å². The molecule has 0 bridgehead atoms. The second kappa shape index (κ2) is 7.00. The first-order chi connectivity index (χ1) is 12.4. The molecule has 0 aliphatic heterocycles. The van der Waals surface area contributed by atoms with Gasteiger partial charge in [0.1, 0.15) is 4.90 Å². The van der Waals surface area contributed by atoms with E-state index in [9.17, 15) is 8.42 Å². The monoisotopic (exact) mass is 394 g/mol. The molecule has 2 heterocycles. The molecule has 0 fully saturated rings. The molecule has 0 radical (unpaired) electrons. The van der Waals surface area contributed by atoms with E-state index in [0.717, 1.165) is 4.88 Å². The summed E-state index contributed by atoms with van der Waals surface area (Å²) in [6.45, 7) is 3.62. The molecule has 1 N–H and O–H groups in total. The maximum atomic E-state index is 13.1. The first kappa shape index (κ1) is 18.3. The van der Waals surface area contributed by atoms with E-state index in [4.69, 9.17) is 14.0 Å². The van der Waals surface area contributed by atoms with Crippen LogP contribution in [0.5, 0.6) is 11.5 Å². The number of nitrogens with zero attached hydrogens (tertiary/aromatic N) is 1. The summed E-state index contributed by atoms with van der Waals surface area (Å²) in [4.78, 5) is 1.69. The van der Waals surface area contributed by atoms with Crippen molar-refractivity contribution in [3.63, 3.8) is 0 Å². The first-order valence-corrected chi connectivity index (χ1v) is 9.93. The van der Waals surface area contributed by atoms with Gasteiger partial charge in [-0.25, -0.2) is 8.42 Å². The Kier molecular flexibility index (Phi) is 4.92. The number of hydrogen-bond donors (Lipinski definition) is 1. The highest BCUT2D eigenvalue weighted by Crippen LogP contribution is 2.40. The zero-order valence-electron chi connectivity index (χ0n) is 14.7. The van der Waals surface area contributed by atoms with E-state index in [-0.39, 0.29) is 4.90 Å². The van der Waals surface area contributed by atoms with Crippen LogP contribution in [0.2, 0.25) is 0 Å². The third kappa shape index (κ3) is 3.27. The normalized spacial score (nSPS) is 11.4. The van der Waals surface area contributed by atoms with Crippen molar-refractivity contribution in [1.82, 2.24) is 5.16 Å². The van der Waals surface area contributed by atoms with Crippen LogP contribution in [0.15, 0.2) is 39.9 Å². The summed E-state index contributed by atoms with van der Waals surface area (Å²) in [6, 6.07) is 6.46. The van der Waals surface area contributed by atoms with Gasteiger partial charge in [-0.1, -0.05) is 5.16 Å². The molecule has 0 amide bonds. The van der Waals surface area contributed by atoms with Crippen molar-refractivity contribution in [3.05, 3.63) is 40.2 Å². The number of sulfonamides is 1. The molecule has 7 nitrogen and oxygen atoms in total. The number of ether oxygens (including phenoxy) is 2. The van der Waals surface area contributed by atoms with E-state index in [1.807, 2.05) is 6.92 Å². The number of aryl methyl sites for hydroxylation is 2. The van der Waals surface area contributed by atoms with Crippen molar-refractivity contribution in [2.24, 2.45) is 0 Å². The van der Waals surface area contributed by atoms with Gasteiger partial charge >= 0.3 is 0 Å². The highest BCUT2D eigenvalue weighted by atomic mass is 32.2. The Morgan fingerprint density at radius 2 is 1.81 bits per heavy atom. The van der Waals surface area contributed by atoms with Crippen LogP contribution >= 0.6 is 11.3 Å². The van der Waals surface area contributed by atoms with Gasteiger partial charge in [-0.2, -0.15) is 0 Å². The second-order valence-corrected chi connectivity index (χ2v) is 8.52. The van der Waals surface area contributed by atoms with Crippen molar-refractivity contribution in [2.45, 2.75) is 18.7 Å². The predicted molar refractivity (Wildman–Crippen MR) is 99.6 cm³/mol. The Hall–Kier alpha value is -2.52. The zero-order valence-corrected chi connectivity index (χ0v) is 16.3. The zero-order chi connectivity index (χ0) is 18.9. The predicted octanol–water partition coefficient (Wildman–Crippen LogP) is 3.84. The molecular formula is C17H18N2O5S2. The van der Waals surface area contributed by atoms with Crippen LogP contribution in [0.4, 0.5) is 5.69 Å². The lowest BCUT2D eigenvalue weighted by Gasteiger charge is -2.12. The van der Waals surface area contributed by atoms with Gasteiger partial charge < -0.3 is 14.0 Å². The topological polar surface area (TPSA) is 90.7 Å². The van der Waals surface area contributed by atoms with Gasteiger partial charge in [0.25, 0.3) is 10.0 Å². The third-order valence-electron chi connectivity index (χ3n) is 3.79. The van der Waals surface area contributed by atoms with E-state index in [2.05, 4.69) is 9.88 Å².